The van der Waals surface area contributed by atoms with Crippen LogP contribution in [-0.4, -0.2) is 82.0 Å². The molecule has 8 nitrogen and oxygen atoms in total. The number of imidazole rings is 1. The van der Waals surface area contributed by atoms with Crippen LogP contribution in [0.4, 0.5) is 5.82 Å². The second-order valence-corrected chi connectivity index (χ2v) is 11.1. The van der Waals surface area contributed by atoms with Gasteiger partial charge in [0, 0.05) is 56.3 Å². The van der Waals surface area contributed by atoms with Gasteiger partial charge < -0.3 is 14.8 Å². The monoisotopic (exact) mass is 545 g/mol. The number of carbonyl (C=O) groups excluding carboxylic acids is 1. The summed E-state index contributed by atoms with van der Waals surface area (Å²) in [6.07, 6.45) is 2.63. The van der Waals surface area contributed by atoms with E-state index in [0.717, 1.165) is 78.0 Å². The molecule has 5 rings (SSSR count). The predicted octanol–water partition coefficient (Wildman–Crippen LogP) is 5.00. The average molecular weight is 546 g/mol. The second kappa shape index (κ2) is 11.7. The number of hydrogen-bond donors (Lipinski definition) is 1. The SMILES string of the molecule is Cc1cc(C)cc(C(=O)N(C)C[C@@H](CCN2CCN(c3nc(C)nc4nc[nH]c34)CC2)c2ccc(Cl)cc2)c1. The molecular formula is C30H36ClN7O. The van der Waals surface area contributed by atoms with Crippen LogP contribution in [0.5, 0.6) is 0 Å². The number of H-pyrrole nitrogens is 1. The molecule has 1 aliphatic rings. The van der Waals surface area contributed by atoms with Gasteiger partial charge in [0.2, 0.25) is 0 Å². The minimum atomic E-state index is 0.0552. The van der Waals surface area contributed by atoms with Gasteiger partial charge in [-0.05, 0) is 63.6 Å². The number of aromatic nitrogens is 4. The summed E-state index contributed by atoms with van der Waals surface area (Å²) < 4.78 is 0. The van der Waals surface area contributed by atoms with Crippen molar-refractivity contribution in [2.24, 2.45) is 0 Å². The van der Waals surface area contributed by atoms with Crippen LogP contribution in [0.2, 0.25) is 5.02 Å². The highest BCUT2D eigenvalue weighted by Gasteiger charge is 2.24. The fourth-order valence-corrected chi connectivity index (χ4v) is 5.63. The number of piperazine rings is 1. The molecule has 2 aromatic heterocycles. The third-order valence-corrected chi connectivity index (χ3v) is 7.75. The van der Waals surface area contributed by atoms with Gasteiger partial charge in [-0.25, -0.2) is 15.0 Å². The number of nitrogens with zero attached hydrogens (tertiary/aromatic N) is 6. The lowest BCUT2D eigenvalue weighted by molar-refractivity contribution is 0.0782. The van der Waals surface area contributed by atoms with Crippen LogP contribution in [0.3, 0.4) is 0 Å². The van der Waals surface area contributed by atoms with E-state index in [1.165, 1.54) is 5.56 Å². The minimum absolute atomic E-state index is 0.0552. The lowest BCUT2D eigenvalue weighted by Crippen LogP contribution is -2.47. The summed E-state index contributed by atoms with van der Waals surface area (Å²) in [5.74, 6) is 1.92. The Morgan fingerprint density at radius 1 is 1.03 bits per heavy atom. The van der Waals surface area contributed by atoms with E-state index in [1.54, 1.807) is 6.33 Å². The van der Waals surface area contributed by atoms with Crippen molar-refractivity contribution in [2.45, 2.75) is 33.1 Å². The largest absolute Gasteiger partial charge is 0.352 e. The number of amides is 1. The van der Waals surface area contributed by atoms with E-state index in [4.69, 9.17) is 16.6 Å². The molecule has 1 amide bonds. The number of aryl methyl sites for hydroxylation is 3. The van der Waals surface area contributed by atoms with E-state index >= 15 is 0 Å². The molecule has 1 N–H and O–H groups in total. The first kappa shape index (κ1) is 27.1. The molecule has 1 saturated heterocycles. The van der Waals surface area contributed by atoms with Gasteiger partial charge in [0.1, 0.15) is 11.3 Å². The minimum Gasteiger partial charge on any atom is -0.352 e. The third kappa shape index (κ3) is 6.40. The van der Waals surface area contributed by atoms with Gasteiger partial charge in [0.25, 0.3) is 5.91 Å². The first-order chi connectivity index (χ1) is 18.8. The summed E-state index contributed by atoms with van der Waals surface area (Å²) in [4.78, 5) is 36.6. The molecule has 9 heteroatoms. The average Bonchev–Trinajstić information content (AvgIpc) is 3.39. The Bertz CT molecular complexity index is 1420. The van der Waals surface area contributed by atoms with Crippen molar-refractivity contribution in [2.75, 3.05) is 51.2 Å². The number of fused-ring (bicyclic) bond motifs is 1. The Kier molecular flexibility index (Phi) is 8.14. The van der Waals surface area contributed by atoms with Crippen LogP contribution in [0.25, 0.3) is 11.2 Å². The molecule has 39 heavy (non-hydrogen) atoms. The number of carbonyl (C=O) groups is 1. The highest BCUT2D eigenvalue weighted by Crippen LogP contribution is 2.26. The number of nitrogens with one attached hydrogen (secondary N) is 1. The number of aromatic amines is 1. The van der Waals surface area contributed by atoms with Crippen molar-refractivity contribution >= 4 is 34.5 Å². The van der Waals surface area contributed by atoms with Crippen molar-refractivity contribution in [3.8, 4) is 0 Å². The zero-order valence-electron chi connectivity index (χ0n) is 23.1. The first-order valence-corrected chi connectivity index (χ1v) is 13.9. The maximum Gasteiger partial charge on any atom is 0.253 e. The summed E-state index contributed by atoms with van der Waals surface area (Å²) >= 11 is 6.19. The molecule has 0 aliphatic carbocycles. The lowest BCUT2D eigenvalue weighted by atomic mass is 9.94. The number of likely N-dealkylation sites (N-methyl/N-ethyl adjacent to an activating group) is 1. The number of benzene rings is 2. The van der Waals surface area contributed by atoms with Gasteiger partial charge in [-0.3, -0.25) is 9.69 Å². The van der Waals surface area contributed by atoms with E-state index in [1.807, 2.05) is 57.0 Å². The van der Waals surface area contributed by atoms with Crippen LogP contribution < -0.4 is 4.90 Å². The number of halogens is 1. The van der Waals surface area contributed by atoms with Crippen LogP contribution >= 0.6 is 11.6 Å². The zero-order chi connectivity index (χ0) is 27.5. The molecule has 1 atom stereocenters. The Morgan fingerprint density at radius 2 is 1.72 bits per heavy atom. The van der Waals surface area contributed by atoms with Gasteiger partial charge in [-0.15, -0.1) is 0 Å². The molecule has 0 saturated carbocycles. The smallest absolute Gasteiger partial charge is 0.253 e. The summed E-state index contributed by atoms with van der Waals surface area (Å²) in [7, 11) is 1.90. The van der Waals surface area contributed by atoms with Crippen LogP contribution in [-0.2, 0) is 0 Å². The maximum absolute atomic E-state index is 13.3. The fraction of sp³-hybridized carbons (Fsp3) is 0.400. The van der Waals surface area contributed by atoms with Crippen molar-refractivity contribution in [1.29, 1.82) is 0 Å². The Labute approximate surface area is 235 Å². The standard InChI is InChI=1S/C30H36ClN7O/c1-20-15-21(2)17-25(16-20)30(39)36(4)18-24(23-5-7-26(31)8-6-23)9-10-37-11-13-38(14-12-37)29-27-28(33-19-32-27)34-22(3)35-29/h5-8,15-17,19,24H,9-14,18H2,1-4H3,(H,32,33,34,35)/t24-/m1/s1. The van der Waals surface area contributed by atoms with E-state index < -0.39 is 0 Å². The number of hydrogen-bond acceptors (Lipinski definition) is 6. The molecule has 0 spiro atoms. The van der Waals surface area contributed by atoms with Crippen molar-refractivity contribution in [3.63, 3.8) is 0 Å². The van der Waals surface area contributed by atoms with Gasteiger partial charge in [0.15, 0.2) is 11.5 Å². The molecule has 1 fully saturated rings. The summed E-state index contributed by atoms with van der Waals surface area (Å²) in [6, 6.07) is 14.1. The van der Waals surface area contributed by atoms with Gasteiger partial charge in [-0.1, -0.05) is 40.9 Å². The van der Waals surface area contributed by atoms with E-state index in [2.05, 4.69) is 43.0 Å². The van der Waals surface area contributed by atoms with Crippen LogP contribution in [0.1, 0.15) is 45.2 Å². The molecule has 1 aliphatic heterocycles. The fourth-order valence-electron chi connectivity index (χ4n) is 5.50. The molecule has 0 unspecified atom stereocenters. The van der Waals surface area contributed by atoms with Crippen LogP contribution in [0, 0.1) is 20.8 Å². The van der Waals surface area contributed by atoms with Crippen molar-refractivity contribution < 1.29 is 4.79 Å². The molecule has 3 heterocycles. The van der Waals surface area contributed by atoms with E-state index in [0.29, 0.717) is 12.2 Å². The van der Waals surface area contributed by atoms with Crippen molar-refractivity contribution in [1.82, 2.24) is 29.7 Å². The molecule has 204 valence electrons. The topological polar surface area (TPSA) is 81.2 Å². The quantitative estimate of drug-likeness (QED) is 0.335. The molecule has 0 bridgehead atoms. The summed E-state index contributed by atoms with van der Waals surface area (Å²) in [6.45, 7) is 11.2. The maximum atomic E-state index is 13.3. The zero-order valence-corrected chi connectivity index (χ0v) is 23.9. The highest BCUT2D eigenvalue weighted by atomic mass is 35.5. The number of rotatable bonds is 8. The molecule has 0 radical (unpaired) electrons. The Morgan fingerprint density at radius 3 is 2.41 bits per heavy atom. The van der Waals surface area contributed by atoms with Crippen LogP contribution in [0.15, 0.2) is 48.8 Å². The lowest BCUT2D eigenvalue weighted by Gasteiger charge is -2.36. The summed E-state index contributed by atoms with van der Waals surface area (Å²) in [5, 5.41) is 0.722. The molecule has 2 aromatic carbocycles. The van der Waals surface area contributed by atoms with Gasteiger partial charge in [0.05, 0.1) is 6.33 Å². The first-order valence-electron chi connectivity index (χ1n) is 13.5. The van der Waals surface area contributed by atoms with E-state index in [9.17, 15) is 4.79 Å². The third-order valence-electron chi connectivity index (χ3n) is 7.49. The Balaban J connectivity index is 1.24. The normalized spacial score (nSPS) is 15.1. The molecular weight excluding hydrogens is 510 g/mol. The van der Waals surface area contributed by atoms with E-state index in [-0.39, 0.29) is 11.8 Å². The summed E-state index contributed by atoms with van der Waals surface area (Å²) in [5.41, 5.74) is 5.76. The second-order valence-electron chi connectivity index (χ2n) is 10.6. The molecule has 4 aromatic rings. The Hall–Kier alpha value is -3.49. The number of anilines is 1. The highest BCUT2D eigenvalue weighted by molar-refractivity contribution is 6.30. The van der Waals surface area contributed by atoms with Crippen molar-refractivity contribution in [3.05, 3.63) is 81.9 Å². The van der Waals surface area contributed by atoms with Gasteiger partial charge >= 0.3 is 0 Å². The van der Waals surface area contributed by atoms with Gasteiger partial charge in [-0.2, -0.15) is 0 Å². The predicted molar refractivity (Wildman–Crippen MR) is 157 cm³/mol.